The van der Waals surface area contributed by atoms with Gasteiger partial charge in [0.25, 0.3) is 10.0 Å². The van der Waals surface area contributed by atoms with Crippen molar-refractivity contribution in [2.75, 3.05) is 32.1 Å². The van der Waals surface area contributed by atoms with Crippen molar-refractivity contribution < 1.29 is 8.42 Å². The second-order valence-electron chi connectivity index (χ2n) is 8.30. The van der Waals surface area contributed by atoms with Gasteiger partial charge in [0.05, 0.1) is 0 Å². The maximum absolute atomic E-state index is 13.1. The van der Waals surface area contributed by atoms with Crippen LogP contribution < -0.4 is 4.90 Å². The number of sulfonamides is 1. The third-order valence-electron chi connectivity index (χ3n) is 5.56. The van der Waals surface area contributed by atoms with Crippen molar-refractivity contribution >= 4 is 21.5 Å². The molecule has 10 nitrogen and oxygen atoms in total. The minimum atomic E-state index is -3.61. The van der Waals surface area contributed by atoms with Crippen LogP contribution in [0.15, 0.2) is 23.4 Å². The monoisotopic (exact) mass is 432 g/mol. The Hall–Kier alpha value is -2.53. The van der Waals surface area contributed by atoms with Gasteiger partial charge in [-0.2, -0.15) is 8.82 Å². The normalized spacial score (nSPS) is 16.6. The topological polar surface area (TPSA) is 102 Å². The number of aryl methyl sites for hydroxylation is 1. The van der Waals surface area contributed by atoms with Crippen LogP contribution in [0, 0.1) is 0 Å². The lowest BCUT2D eigenvalue weighted by atomic mass is 9.97. The lowest BCUT2D eigenvalue weighted by molar-refractivity contribution is 0.310. The van der Waals surface area contributed by atoms with Gasteiger partial charge in [0.1, 0.15) is 11.6 Å². The first-order valence-corrected chi connectivity index (χ1v) is 11.6. The third kappa shape index (κ3) is 3.56. The van der Waals surface area contributed by atoms with Gasteiger partial charge in [0, 0.05) is 52.3 Å². The van der Waals surface area contributed by atoms with Crippen LogP contribution in [0.2, 0.25) is 0 Å². The summed E-state index contributed by atoms with van der Waals surface area (Å²) in [5.74, 6) is 2.63. The van der Waals surface area contributed by atoms with Gasteiger partial charge in [0.15, 0.2) is 16.5 Å². The van der Waals surface area contributed by atoms with Gasteiger partial charge >= 0.3 is 0 Å². The summed E-state index contributed by atoms with van der Waals surface area (Å²) in [7, 11) is 2.09. The first-order chi connectivity index (χ1) is 14.2. The number of aromatic nitrogens is 6. The average Bonchev–Trinajstić information content (AvgIpc) is 3.31. The minimum Gasteiger partial charge on any atom is -0.361 e. The summed E-state index contributed by atoms with van der Waals surface area (Å²) in [4.78, 5) is 6.31. The van der Waals surface area contributed by atoms with Crippen molar-refractivity contribution in [1.29, 1.82) is 0 Å². The molecule has 0 aromatic carbocycles. The summed E-state index contributed by atoms with van der Waals surface area (Å²) in [6, 6.07) is 3.80. The van der Waals surface area contributed by atoms with Crippen LogP contribution in [0.3, 0.4) is 0 Å². The Morgan fingerprint density at radius 2 is 1.83 bits per heavy atom. The zero-order valence-electron chi connectivity index (χ0n) is 18.0. The van der Waals surface area contributed by atoms with Gasteiger partial charge in [0.2, 0.25) is 0 Å². The van der Waals surface area contributed by atoms with Crippen molar-refractivity contribution in [3.63, 3.8) is 0 Å². The zero-order chi connectivity index (χ0) is 21.6. The molecule has 30 heavy (non-hydrogen) atoms. The smallest absolute Gasteiger partial charge is 0.262 e. The molecule has 3 aromatic rings. The maximum atomic E-state index is 13.1. The summed E-state index contributed by atoms with van der Waals surface area (Å²) in [6.45, 7) is 4.84. The van der Waals surface area contributed by atoms with E-state index in [0.29, 0.717) is 31.6 Å². The first kappa shape index (κ1) is 20.7. The SMILES string of the molecule is CC(C)c1nc(S(=O)(=O)N2CCC(c3nnc4ccc(N(C)C)nn34)CC2)cn1C. The number of nitrogens with zero attached hydrogens (tertiary/aromatic N) is 8. The Kier molecular flexibility index (Phi) is 5.27. The lowest BCUT2D eigenvalue weighted by Crippen LogP contribution is -2.38. The van der Waals surface area contributed by atoms with Gasteiger partial charge in [-0.3, -0.25) is 0 Å². The molecule has 0 atom stereocenters. The van der Waals surface area contributed by atoms with Crippen molar-refractivity contribution in [1.82, 2.24) is 33.7 Å². The van der Waals surface area contributed by atoms with Gasteiger partial charge in [-0.15, -0.1) is 15.3 Å². The van der Waals surface area contributed by atoms with E-state index in [1.165, 1.54) is 4.31 Å². The van der Waals surface area contributed by atoms with Crippen molar-refractivity contribution in [2.45, 2.75) is 43.6 Å². The molecular weight excluding hydrogens is 404 g/mol. The molecule has 1 aliphatic heterocycles. The van der Waals surface area contributed by atoms with E-state index < -0.39 is 10.0 Å². The summed E-state index contributed by atoms with van der Waals surface area (Å²) < 4.78 is 31.3. The van der Waals surface area contributed by atoms with E-state index in [4.69, 9.17) is 0 Å². The van der Waals surface area contributed by atoms with Crippen LogP contribution >= 0.6 is 0 Å². The van der Waals surface area contributed by atoms with Crippen LogP contribution in [-0.2, 0) is 17.1 Å². The molecule has 0 unspecified atom stereocenters. The largest absolute Gasteiger partial charge is 0.361 e. The second-order valence-corrected chi connectivity index (χ2v) is 10.2. The molecule has 1 aliphatic rings. The summed E-state index contributed by atoms with van der Waals surface area (Å²) in [5.41, 5.74) is 0.695. The Labute approximate surface area is 176 Å². The van der Waals surface area contributed by atoms with Gasteiger partial charge in [-0.1, -0.05) is 13.8 Å². The average molecular weight is 433 g/mol. The minimum absolute atomic E-state index is 0.103. The van der Waals surface area contributed by atoms with E-state index in [-0.39, 0.29) is 16.9 Å². The number of rotatable bonds is 5. The molecule has 0 spiro atoms. The van der Waals surface area contributed by atoms with Gasteiger partial charge < -0.3 is 9.47 Å². The quantitative estimate of drug-likeness (QED) is 0.604. The second kappa shape index (κ2) is 7.62. The molecule has 11 heteroatoms. The summed E-state index contributed by atoms with van der Waals surface area (Å²) in [6.07, 6.45) is 2.94. The van der Waals surface area contributed by atoms with Crippen LogP contribution in [0.25, 0.3) is 5.65 Å². The Bertz CT molecular complexity index is 1160. The number of fused-ring (bicyclic) bond motifs is 1. The van der Waals surface area contributed by atoms with E-state index in [2.05, 4.69) is 20.3 Å². The molecule has 1 saturated heterocycles. The summed E-state index contributed by atoms with van der Waals surface area (Å²) >= 11 is 0. The van der Waals surface area contributed by atoms with Crippen molar-refractivity contribution in [2.24, 2.45) is 7.05 Å². The number of anilines is 1. The van der Waals surface area contributed by atoms with E-state index in [1.807, 2.05) is 52.0 Å². The number of imidazole rings is 1. The van der Waals surface area contributed by atoms with Crippen LogP contribution in [0.5, 0.6) is 0 Å². The molecule has 4 heterocycles. The molecule has 1 fully saturated rings. The van der Waals surface area contributed by atoms with E-state index in [0.717, 1.165) is 17.5 Å². The fourth-order valence-electron chi connectivity index (χ4n) is 3.89. The van der Waals surface area contributed by atoms with Crippen LogP contribution in [-0.4, -0.2) is 69.3 Å². The standard InChI is InChI=1S/C19H28N8O2S/c1-13(2)18-20-17(12-25(18)5)30(28,29)26-10-8-14(9-11-26)19-22-21-15-6-7-16(24(3)4)23-27(15)19/h6-7,12-14H,8-11H2,1-5H3. The van der Waals surface area contributed by atoms with Gasteiger partial charge in [-0.25, -0.2) is 13.4 Å². The first-order valence-electron chi connectivity index (χ1n) is 10.1. The highest BCUT2D eigenvalue weighted by Gasteiger charge is 2.34. The molecule has 3 aromatic heterocycles. The fraction of sp³-hybridized carbons (Fsp3) is 0.579. The molecule has 0 bridgehead atoms. The Morgan fingerprint density at radius 3 is 2.43 bits per heavy atom. The van der Waals surface area contributed by atoms with Crippen molar-refractivity contribution in [3.05, 3.63) is 30.0 Å². The third-order valence-corrected chi connectivity index (χ3v) is 7.33. The Morgan fingerprint density at radius 1 is 1.13 bits per heavy atom. The molecule has 0 amide bonds. The molecular formula is C19H28N8O2S. The number of piperidine rings is 1. The molecule has 0 aliphatic carbocycles. The molecule has 0 radical (unpaired) electrons. The molecule has 0 N–H and O–H groups in total. The van der Waals surface area contributed by atoms with Crippen LogP contribution in [0.4, 0.5) is 5.82 Å². The van der Waals surface area contributed by atoms with E-state index in [9.17, 15) is 8.42 Å². The molecule has 4 rings (SSSR count). The highest BCUT2D eigenvalue weighted by molar-refractivity contribution is 7.89. The molecule has 162 valence electrons. The molecule has 0 saturated carbocycles. The van der Waals surface area contributed by atoms with E-state index >= 15 is 0 Å². The predicted molar refractivity (Wildman–Crippen MR) is 113 cm³/mol. The number of hydrogen-bond donors (Lipinski definition) is 0. The highest BCUT2D eigenvalue weighted by atomic mass is 32.2. The van der Waals surface area contributed by atoms with E-state index in [1.54, 1.807) is 15.3 Å². The highest BCUT2D eigenvalue weighted by Crippen LogP contribution is 2.30. The van der Waals surface area contributed by atoms with Gasteiger partial charge in [-0.05, 0) is 25.0 Å². The van der Waals surface area contributed by atoms with Crippen LogP contribution in [0.1, 0.15) is 50.2 Å². The zero-order valence-corrected chi connectivity index (χ0v) is 18.8. The Balaban J connectivity index is 1.53. The van der Waals surface area contributed by atoms with Crippen molar-refractivity contribution in [3.8, 4) is 0 Å². The fourth-order valence-corrected chi connectivity index (χ4v) is 5.34. The maximum Gasteiger partial charge on any atom is 0.262 e. The summed E-state index contributed by atoms with van der Waals surface area (Å²) in [5, 5.41) is 13.3. The lowest BCUT2D eigenvalue weighted by Gasteiger charge is -2.29. The predicted octanol–water partition coefficient (Wildman–Crippen LogP) is 1.62. The number of hydrogen-bond acceptors (Lipinski definition) is 7.